The number of para-hydroxylation sites is 1. The van der Waals surface area contributed by atoms with Crippen molar-refractivity contribution in [3.05, 3.63) is 30.3 Å². The number of hydrogen-bond donors (Lipinski definition) is 1. The second-order valence-corrected chi connectivity index (χ2v) is 9.72. The van der Waals surface area contributed by atoms with Crippen molar-refractivity contribution >= 4 is 34.8 Å². The molecular weight excluding hydrogens is 434 g/mol. The summed E-state index contributed by atoms with van der Waals surface area (Å²) in [5, 5.41) is 3.94. The Balaban J connectivity index is 1.30. The van der Waals surface area contributed by atoms with Crippen LogP contribution in [0.15, 0.2) is 30.3 Å². The fourth-order valence-electron chi connectivity index (χ4n) is 5.46. The van der Waals surface area contributed by atoms with Gasteiger partial charge in [0.15, 0.2) is 5.11 Å². The molecule has 2 amide bonds. The first-order chi connectivity index (χ1) is 16.0. The number of carbonyl (C=O) groups is 2. The van der Waals surface area contributed by atoms with E-state index in [4.69, 9.17) is 12.2 Å². The lowest BCUT2D eigenvalue weighted by Gasteiger charge is -2.45. The van der Waals surface area contributed by atoms with Crippen molar-refractivity contribution in [3.63, 3.8) is 0 Å². The van der Waals surface area contributed by atoms with Gasteiger partial charge in [0.2, 0.25) is 11.8 Å². The molecule has 1 saturated carbocycles. The first kappa shape index (κ1) is 24.0. The van der Waals surface area contributed by atoms with Crippen LogP contribution in [0.3, 0.4) is 0 Å². The second kappa shape index (κ2) is 10.8. The maximum absolute atomic E-state index is 13.3. The molecule has 1 N–H and O–H groups in total. The van der Waals surface area contributed by atoms with Gasteiger partial charge in [0, 0.05) is 56.9 Å². The Morgan fingerprint density at radius 1 is 1.09 bits per heavy atom. The van der Waals surface area contributed by atoms with E-state index in [0.29, 0.717) is 18.1 Å². The van der Waals surface area contributed by atoms with Crippen LogP contribution >= 0.6 is 12.2 Å². The minimum Gasteiger partial charge on any atom is -0.368 e. The summed E-state index contributed by atoms with van der Waals surface area (Å²) in [5.41, 5.74) is 1.22. The number of anilines is 1. The van der Waals surface area contributed by atoms with E-state index < -0.39 is 0 Å². The summed E-state index contributed by atoms with van der Waals surface area (Å²) >= 11 is 5.56. The van der Waals surface area contributed by atoms with Crippen molar-refractivity contribution < 1.29 is 9.59 Å². The van der Waals surface area contributed by atoms with Crippen LogP contribution in [0.25, 0.3) is 0 Å². The van der Waals surface area contributed by atoms with Crippen molar-refractivity contribution in [1.29, 1.82) is 0 Å². The Morgan fingerprint density at radius 3 is 2.45 bits per heavy atom. The van der Waals surface area contributed by atoms with Crippen LogP contribution in [0, 0.1) is 11.8 Å². The van der Waals surface area contributed by atoms with Crippen molar-refractivity contribution in [1.82, 2.24) is 20.0 Å². The van der Waals surface area contributed by atoms with Gasteiger partial charge < -0.3 is 20.0 Å². The van der Waals surface area contributed by atoms with E-state index in [1.165, 1.54) is 5.69 Å². The highest BCUT2D eigenvalue weighted by Crippen LogP contribution is 2.34. The minimum atomic E-state index is -0.0765. The van der Waals surface area contributed by atoms with Gasteiger partial charge in [0.05, 0.1) is 5.92 Å². The Morgan fingerprint density at radius 2 is 1.79 bits per heavy atom. The molecule has 2 heterocycles. The molecule has 3 atom stereocenters. The number of likely N-dealkylation sites (N-methyl/N-ethyl adjacent to an activating group) is 1. The second-order valence-electron chi connectivity index (χ2n) is 9.34. The van der Waals surface area contributed by atoms with Crippen molar-refractivity contribution in [2.45, 2.75) is 39.2 Å². The number of amides is 2. The Labute approximate surface area is 203 Å². The van der Waals surface area contributed by atoms with E-state index in [9.17, 15) is 9.59 Å². The van der Waals surface area contributed by atoms with Gasteiger partial charge >= 0.3 is 0 Å². The van der Waals surface area contributed by atoms with Crippen LogP contribution in [0.5, 0.6) is 0 Å². The van der Waals surface area contributed by atoms with E-state index in [-0.39, 0.29) is 29.7 Å². The van der Waals surface area contributed by atoms with E-state index in [2.05, 4.69) is 53.2 Å². The van der Waals surface area contributed by atoms with Crippen LogP contribution in [0.4, 0.5) is 5.69 Å². The standard InChI is InChI=1S/C25H37N5O2S/c1-3-27(4-2)12-17-30-24(32)21-11-10-19(18-22(21)26-25(30)33)23(31)29-15-13-28(14-16-29)20-8-6-5-7-9-20/h5-9,19,21-22H,3-4,10-18H2,1-2H3,(H,26,33). The fourth-order valence-corrected chi connectivity index (χ4v) is 5.79. The number of piperazine rings is 1. The topological polar surface area (TPSA) is 59.1 Å². The van der Waals surface area contributed by atoms with E-state index in [1.54, 1.807) is 4.90 Å². The van der Waals surface area contributed by atoms with Gasteiger partial charge in [-0.15, -0.1) is 0 Å². The van der Waals surface area contributed by atoms with Gasteiger partial charge in [-0.05, 0) is 56.7 Å². The molecule has 180 valence electrons. The molecule has 0 spiro atoms. The molecule has 2 aliphatic heterocycles. The van der Waals surface area contributed by atoms with Gasteiger partial charge in [-0.25, -0.2) is 0 Å². The molecule has 0 radical (unpaired) electrons. The normalized spacial score (nSPS) is 25.8. The number of thiocarbonyl (C=S) groups is 1. The molecule has 3 aliphatic rings. The summed E-state index contributed by atoms with van der Waals surface area (Å²) in [4.78, 5) is 34.9. The van der Waals surface area contributed by atoms with E-state index in [1.807, 2.05) is 11.0 Å². The molecule has 3 fully saturated rings. The third kappa shape index (κ3) is 5.32. The van der Waals surface area contributed by atoms with Gasteiger partial charge in [-0.1, -0.05) is 32.0 Å². The zero-order valence-corrected chi connectivity index (χ0v) is 20.7. The molecule has 0 bridgehead atoms. The number of nitrogens with zero attached hydrogens (tertiary/aromatic N) is 4. The van der Waals surface area contributed by atoms with Gasteiger partial charge in [-0.2, -0.15) is 0 Å². The zero-order valence-electron chi connectivity index (χ0n) is 19.9. The Hall–Kier alpha value is -2.19. The first-order valence-corrected chi connectivity index (χ1v) is 12.9. The molecular formula is C25H37N5O2S. The highest BCUT2D eigenvalue weighted by molar-refractivity contribution is 7.80. The molecule has 33 heavy (non-hydrogen) atoms. The molecule has 3 unspecified atom stereocenters. The first-order valence-electron chi connectivity index (χ1n) is 12.4. The van der Waals surface area contributed by atoms with E-state index in [0.717, 1.165) is 58.7 Å². The van der Waals surface area contributed by atoms with Crippen LogP contribution in [0.2, 0.25) is 0 Å². The lowest BCUT2D eigenvalue weighted by Crippen LogP contribution is -2.63. The highest BCUT2D eigenvalue weighted by atomic mass is 32.1. The van der Waals surface area contributed by atoms with Crippen LogP contribution < -0.4 is 10.2 Å². The number of nitrogens with one attached hydrogen (secondary N) is 1. The molecule has 4 rings (SSSR count). The third-order valence-corrected chi connectivity index (χ3v) is 7.92. The quantitative estimate of drug-likeness (QED) is 0.615. The predicted octanol–water partition coefficient (Wildman–Crippen LogP) is 2.18. The highest BCUT2D eigenvalue weighted by Gasteiger charge is 2.44. The average molecular weight is 472 g/mol. The van der Waals surface area contributed by atoms with Crippen LogP contribution in [-0.4, -0.2) is 90.0 Å². The largest absolute Gasteiger partial charge is 0.368 e. The van der Waals surface area contributed by atoms with Crippen LogP contribution in [-0.2, 0) is 9.59 Å². The summed E-state index contributed by atoms with van der Waals surface area (Å²) in [6.45, 7) is 10.9. The van der Waals surface area contributed by atoms with Gasteiger partial charge in [-0.3, -0.25) is 14.5 Å². The maximum Gasteiger partial charge on any atom is 0.233 e. The van der Waals surface area contributed by atoms with Crippen LogP contribution in [0.1, 0.15) is 33.1 Å². The summed E-state index contributed by atoms with van der Waals surface area (Å²) in [6, 6.07) is 10.4. The lowest BCUT2D eigenvalue weighted by atomic mass is 9.76. The average Bonchev–Trinajstić information content (AvgIpc) is 2.86. The SMILES string of the molecule is CCN(CC)CCN1C(=O)C2CCC(C(=O)N3CCN(c4ccccc4)CC3)CC2NC1=S. The minimum absolute atomic E-state index is 0.0250. The van der Waals surface area contributed by atoms with Crippen molar-refractivity contribution in [3.8, 4) is 0 Å². The molecule has 1 aliphatic carbocycles. The summed E-state index contributed by atoms with van der Waals surface area (Å²) < 4.78 is 0. The molecule has 7 nitrogen and oxygen atoms in total. The Bertz CT molecular complexity index is 838. The predicted molar refractivity (Wildman–Crippen MR) is 135 cm³/mol. The fraction of sp³-hybridized carbons (Fsp3) is 0.640. The number of hydrogen-bond acceptors (Lipinski definition) is 5. The zero-order chi connectivity index (χ0) is 23.4. The van der Waals surface area contributed by atoms with E-state index >= 15 is 0 Å². The number of benzene rings is 1. The smallest absolute Gasteiger partial charge is 0.233 e. The summed E-state index contributed by atoms with van der Waals surface area (Å²) in [5.74, 6) is 0.274. The number of rotatable bonds is 7. The molecule has 0 aromatic heterocycles. The summed E-state index contributed by atoms with van der Waals surface area (Å²) in [6.07, 6.45) is 2.22. The summed E-state index contributed by atoms with van der Waals surface area (Å²) in [7, 11) is 0. The Kier molecular flexibility index (Phi) is 7.86. The van der Waals surface area contributed by atoms with Gasteiger partial charge in [0.1, 0.15) is 0 Å². The number of carbonyl (C=O) groups excluding carboxylic acids is 2. The van der Waals surface area contributed by atoms with Gasteiger partial charge in [0.25, 0.3) is 0 Å². The maximum atomic E-state index is 13.3. The molecule has 8 heteroatoms. The molecule has 1 aromatic carbocycles. The monoisotopic (exact) mass is 471 g/mol. The molecule has 2 saturated heterocycles. The lowest BCUT2D eigenvalue weighted by molar-refractivity contribution is -0.142. The number of fused-ring (bicyclic) bond motifs is 1. The van der Waals surface area contributed by atoms with Crippen molar-refractivity contribution in [2.75, 3.05) is 57.3 Å². The van der Waals surface area contributed by atoms with Crippen molar-refractivity contribution in [2.24, 2.45) is 11.8 Å². The third-order valence-electron chi connectivity index (χ3n) is 7.58. The molecule has 1 aromatic rings.